The van der Waals surface area contributed by atoms with Crippen LogP contribution < -0.4 is 5.32 Å². The zero-order valence-corrected chi connectivity index (χ0v) is 21.4. The minimum atomic E-state index is -1.75. The summed E-state index contributed by atoms with van der Waals surface area (Å²) < 4.78 is 32.1. The van der Waals surface area contributed by atoms with E-state index in [1.807, 2.05) is 0 Å². The van der Waals surface area contributed by atoms with Crippen molar-refractivity contribution in [3.05, 3.63) is 0 Å². The highest BCUT2D eigenvalue weighted by Crippen LogP contribution is 2.41. The molecule has 0 radical (unpaired) electrons. The maximum atomic E-state index is 12.8. The minimum Gasteiger partial charge on any atom is -0.466 e. The van der Waals surface area contributed by atoms with Crippen molar-refractivity contribution in [1.29, 1.82) is 0 Å². The summed E-state index contributed by atoms with van der Waals surface area (Å²) in [7, 11) is 1.13. The number of amides is 1. The molecule has 1 N–H and O–H groups in total. The van der Waals surface area contributed by atoms with Crippen molar-refractivity contribution in [2.75, 3.05) is 20.0 Å². The number of rotatable bonds is 10. The molecular formula is C21H31NO12S. The Hall–Kier alpha value is -2.87. The first-order chi connectivity index (χ1) is 16.3. The molecule has 0 aromatic heterocycles. The number of hydrogen-bond donors (Lipinski definition) is 1. The zero-order valence-electron chi connectivity index (χ0n) is 20.6. The first-order valence-corrected chi connectivity index (χ1v) is 11.7. The normalized spacial score (nSPS) is 25.3. The molecule has 14 heteroatoms. The fraction of sp³-hybridized carbons (Fsp3) is 0.714. The molecule has 0 aliphatic carbocycles. The third-order valence-electron chi connectivity index (χ3n) is 4.82. The summed E-state index contributed by atoms with van der Waals surface area (Å²) in [5, 5.41) is 2.59. The highest BCUT2D eigenvalue weighted by atomic mass is 32.2. The zero-order chi connectivity index (χ0) is 26.9. The molecule has 6 atom stereocenters. The smallest absolute Gasteiger partial charge is 0.348 e. The molecule has 198 valence electrons. The Balaban J connectivity index is 3.72. The quantitative estimate of drug-likeness (QED) is 0.298. The highest BCUT2D eigenvalue weighted by molar-refractivity contribution is 8.00. The van der Waals surface area contributed by atoms with Crippen molar-refractivity contribution >= 4 is 47.5 Å². The van der Waals surface area contributed by atoms with Gasteiger partial charge in [-0.2, -0.15) is 0 Å². The summed E-state index contributed by atoms with van der Waals surface area (Å²) in [5.41, 5.74) is 0. The van der Waals surface area contributed by atoms with Crippen LogP contribution in [0.3, 0.4) is 0 Å². The number of carbonyl (C=O) groups is 6. The van der Waals surface area contributed by atoms with Crippen molar-refractivity contribution < 1.29 is 57.2 Å². The van der Waals surface area contributed by atoms with Gasteiger partial charge in [0.05, 0.1) is 13.2 Å². The van der Waals surface area contributed by atoms with Gasteiger partial charge in [-0.1, -0.05) is 0 Å². The third kappa shape index (κ3) is 8.69. The Labute approximate surface area is 206 Å². The van der Waals surface area contributed by atoms with Gasteiger partial charge >= 0.3 is 29.8 Å². The lowest BCUT2D eigenvalue weighted by molar-refractivity contribution is -0.224. The van der Waals surface area contributed by atoms with Gasteiger partial charge < -0.3 is 33.7 Å². The van der Waals surface area contributed by atoms with Gasteiger partial charge in [0.2, 0.25) is 10.8 Å². The number of methoxy groups -OCH3 is 1. The van der Waals surface area contributed by atoms with Crippen LogP contribution in [0.1, 0.15) is 41.0 Å². The average Bonchev–Trinajstić information content (AvgIpc) is 2.74. The Morgan fingerprint density at radius 3 is 2.00 bits per heavy atom. The van der Waals surface area contributed by atoms with Gasteiger partial charge in [0.15, 0.2) is 12.2 Å². The molecule has 1 unspecified atom stereocenters. The number of carbonyl (C=O) groups excluding carboxylic acids is 6. The van der Waals surface area contributed by atoms with Gasteiger partial charge in [-0.05, 0) is 6.26 Å². The number of thioether (sulfide) groups is 1. The molecule has 1 aliphatic rings. The van der Waals surface area contributed by atoms with E-state index in [4.69, 9.17) is 28.4 Å². The Bertz CT molecular complexity index is 833. The highest BCUT2D eigenvalue weighted by Gasteiger charge is 2.58. The Morgan fingerprint density at radius 2 is 1.57 bits per heavy atom. The summed E-state index contributed by atoms with van der Waals surface area (Å²) in [6, 6.07) is -1.17. The SMILES string of the molecule is COC(=O)C1(SC)C[C@H](OC(C)=O)[C@@H](NC(C)=O)[C@@H]([C@H](OC(C)=O)[C@@H](COC(C)=O)OC(C)=O)O1. The van der Waals surface area contributed by atoms with Crippen LogP contribution in [0.4, 0.5) is 0 Å². The maximum Gasteiger partial charge on any atom is 0.348 e. The van der Waals surface area contributed by atoms with Gasteiger partial charge in [-0.3, -0.25) is 24.0 Å². The fourth-order valence-corrected chi connectivity index (χ4v) is 4.40. The summed E-state index contributed by atoms with van der Waals surface area (Å²) in [4.78, 5) is 70.2. The van der Waals surface area contributed by atoms with E-state index in [-0.39, 0.29) is 6.42 Å². The molecule has 0 spiro atoms. The summed E-state index contributed by atoms with van der Waals surface area (Å²) >= 11 is 0.927. The van der Waals surface area contributed by atoms with E-state index in [2.05, 4.69) is 5.32 Å². The lowest BCUT2D eigenvalue weighted by Crippen LogP contribution is -2.68. The van der Waals surface area contributed by atoms with Crippen LogP contribution in [-0.4, -0.2) is 91.1 Å². The van der Waals surface area contributed by atoms with Gasteiger partial charge in [0, 0.05) is 41.0 Å². The standard InChI is InChI=1S/C21H31NO12S/c1-10(23)22-17-15(31-12(3)25)8-21(35-7,20(28)29-6)34-19(17)18(33-14(5)27)16(32-13(4)26)9-30-11(2)24/h15-19H,8-9H2,1-7H3,(H,22,23)/t15-,16+,17+,18+,19-,21?/m0/s1. The first kappa shape index (κ1) is 30.2. The third-order valence-corrected chi connectivity index (χ3v) is 5.91. The van der Waals surface area contributed by atoms with Crippen molar-refractivity contribution in [2.24, 2.45) is 0 Å². The van der Waals surface area contributed by atoms with Crippen LogP contribution in [0.25, 0.3) is 0 Å². The van der Waals surface area contributed by atoms with Gasteiger partial charge in [-0.15, -0.1) is 11.8 Å². The van der Waals surface area contributed by atoms with E-state index in [9.17, 15) is 28.8 Å². The molecule has 0 bridgehead atoms. The number of nitrogens with one attached hydrogen (secondary N) is 1. The molecule has 1 aliphatic heterocycles. The van der Waals surface area contributed by atoms with Gasteiger partial charge in [0.1, 0.15) is 18.8 Å². The van der Waals surface area contributed by atoms with Crippen LogP contribution >= 0.6 is 11.8 Å². The second kappa shape index (κ2) is 13.3. The minimum absolute atomic E-state index is 0.225. The van der Waals surface area contributed by atoms with Crippen molar-refractivity contribution in [1.82, 2.24) is 5.32 Å². The molecular weight excluding hydrogens is 490 g/mol. The van der Waals surface area contributed by atoms with E-state index in [1.54, 1.807) is 6.26 Å². The van der Waals surface area contributed by atoms with Crippen LogP contribution in [0.5, 0.6) is 0 Å². The van der Waals surface area contributed by atoms with Crippen molar-refractivity contribution in [3.8, 4) is 0 Å². The first-order valence-electron chi connectivity index (χ1n) is 10.5. The molecule has 0 aromatic carbocycles. The Morgan fingerprint density at radius 1 is 0.971 bits per heavy atom. The summed E-state index contributed by atoms with van der Waals surface area (Å²) in [5.74, 6) is -4.45. The lowest BCUT2D eigenvalue weighted by Gasteiger charge is -2.48. The van der Waals surface area contributed by atoms with E-state index in [1.165, 1.54) is 6.92 Å². The average molecular weight is 522 g/mol. The van der Waals surface area contributed by atoms with Crippen LogP contribution in [0.2, 0.25) is 0 Å². The number of esters is 5. The second-order valence-electron chi connectivity index (χ2n) is 7.63. The largest absolute Gasteiger partial charge is 0.466 e. The second-order valence-corrected chi connectivity index (χ2v) is 8.70. The van der Waals surface area contributed by atoms with E-state index in [0.29, 0.717) is 0 Å². The summed E-state index contributed by atoms with van der Waals surface area (Å²) in [6.45, 7) is 5.08. The molecule has 0 aromatic rings. The number of hydrogen-bond acceptors (Lipinski definition) is 13. The van der Waals surface area contributed by atoms with E-state index >= 15 is 0 Å². The van der Waals surface area contributed by atoms with Gasteiger partial charge in [-0.25, -0.2) is 4.79 Å². The fourth-order valence-electron chi connectivity index (χ4n) is 3.61. The predicted molar refractivity (Wildman–Crippen MR) is 119 cm³/mol. The monoisotopic (exact) mass is 521 g/mol. The molecule has 1 saturated heterocycles. The van der Waals surface area contributed by atoms with Crippen LogP contribution in [0, 0.1) is 0 Å². The topological polar surface area (TPSA) is 170 Å². The van der Waals surface area contributed by atoms with Gasteiger partial charge in [0.25, 0.3) is 0 Å². The molecule has 0 saturated carbocycles. The van der Waals surface area contributed by atoms with Crippen molar-refractivity contribution in [3.63, 3.8) is 0 Å². The van der Waals surface area contributed by atoms with Crippen LogP contribution in [-0.2, 0) is 57.2 Å². The van der Waals surface area contributed by atoms with E-state index in [0.717, 1.165) is 46.6 Å². The van der Waals surface area contributed by atoms with Crippen molar-refractivity contribution in [2.45, 2.75) is 76.4 Å². The Kier molecular flexibility index (Phi) is 11.4. The number of ether oxygens (including phenoxy) is 6. The molecule has 1 fully saturated rings. The molecule has 1 rings (SSSR count). The lowest BCUT2D eigenvalue weighted by atomic mass is 9.89. The maximum absolute atomic E-state index is 12.8. The molecule has 1 heterocycles. The molecule has 13 nitrogen and oxygen atoms in total. The molecule has 35 heavy (non-hydrogen) atoms. The summed E-state index contributed by atoms with van der Waals surface area (Å²) in [6.07, 6.45) is -4.17. The molecule has 1 amide bonds. The van der Waals surface area contributed by atoms with E-state index < -0.39 is 77.8 Å². The predicted octanol–water partition coefficient (Wildman–Crippen LogP) is -0.129. The van der Waals surface area contributed by atoms with Crippen LogP contribution in [0.15, 0.2) is 0 Å².